The van der Waals surface area contributed by atoms with Gasteiger partial charge in [-0.3, -0.25) is 9.36 Å². The molecule has 0 aromatic carbocycles. The van der Waals surface area contributed by atoms with Crippen LogP contribution in [0.1, 0.15) is 13.8 Å². The first-order chi connectivity index (χ1) is 6.50. The van der Waals surface area contributed by atoms with Crippen LogP contribution in [0.3, 0.4) is 0 Å². The minimum atomic E-state index is -0.139. The molecule has 4 nitrogen and oxygen atoms in total. The molecule has 1 aromatic rings. The average molecular weight is 261 g/mol. The van der Waals surface area contributed by atoms with Crippen molar-refractivity contribution in [2.24, 2.45) is 0 Å². The molecule has 1 heterocycles. The molecule has 14 heavy (non-hydrogen) atoms. The summed E-state index contributed by atoms with van der Waals surface area (Å²) in [6, 6.07) is 1.58. The van der Waals surface area contributed by atoms with Gasteiger partial charge in [-0.2, -0.15) is 0 Å². The Morgan fingerprint density at radius 1 is 1.64 bits per heavy atom. The van der Waals surface area contributed by atoms with E-state index in [1.807, 2.05) is 13.8 Å². The summed E-state index contributed by atoms with van der Waals surface area (Å²) in [5.41, 5.74) is 5.98. The predicted molar refractivity (Wildman–Crippen MR) is 59.0 cm³/mol. The van der Waals surface area contributed by atoms with Crippen molar-refractivity contribution in [1.29, 1.82) is 0 Å². The van der Waals surface area contributed by atoms with Crippen LogP contribution in [0.5, 0.6) is 0 Å². The summed E-state index contributed by atoms with van der Waals surface area (Å²) in [4.78, 5) is 11.5. The number of anilines is 1. The zero-order valence-corrected chi connectivity index (χ0v) is 9.74. The van der Waals surface area contributed by atoms with Crippen molar-refractivity contribution in [1.82, 2.24) is 4.57 Å². The number of hydrogen-bond donors (Lipinski definition) is 1. The van der Waals surface area contributed by atoms with E-state index in [0.29, 0.717) is 10.2 Å². The fourth-order valence-electron chi connectivity index (χ4n) is 0.946. The Morgan fingerprint density at radius 2 is 2.29 bits per heavy atom. The highest BCUT2D eigenvalue weighted by atomic mass is 79.9. The van der Waals surface area contributed by atoms with Crippen molar-refractivity contribution in [3.05, 3.63) is 27.1 Å². The van der Waals surface area contributed by atoms with Gasteiger partial charge in [-0.05, 0) is 35.8 Å². The molecule has 2 N–H and O–H groups in total. The number of rotatable bonds is 3. The van der Waals surface area contributed by atoms with Gasteiger partial charge in [0.1, 0.15) is 6.73 Å². The molecule has 0 radical (unpaired) electrons. The minimum absolute atomic E-state index is 0.0853. The Hall–Kier alpha value is -0.810. The highest BCUT2D eigenvalue weighted by Crippen LogP contribution is 2.08. The molecular formula is C9H13BrN2O2. The summed E-state index contributed by atoms with van der Waals surface area (Å²) in [5, 5.41) is 0. The second kappa shape index (κ2) is 4.61. The fraction of sp³-hybridized carbons (Fsp3) is 0.444. The van der Waals surface area contributed by atoms with Crippen LogP contribution in [0.25, 0.3) is 0 Å². The third kappa shape index (κ3) is 2.85. The van der Waals surface area contributed by atoms with Crippen molar-refractivity contribution in [3.8, 4) is 0 Å². The standard InChI is InChI=1S/C9H13BrN2O2/c1-6(2)14-5-12-4-7(11)3-8(10)9(12)13/h3-4,6H,5,11H2,1-2H3. The number of ether oxygens (including phenoxy) is 1. The van der Waals surface area contributed by atoms with E-state index in [-0.39, 0.29) is 18.4 Å². The number of halogens is 1. The molecule has 0 saturated carbocycles. The summed E-state index contributed by atoms with van der Waals surface area (Å²) < 4.78 is 7.18. The van der Waals surface area contributed by atoms with Gasteiger partial charge >= 0.3 is 0 Å². The minimum Gasteiger partial charge on any atom is -0.398 e. The second-order valence-corrected chi connectivity index (χ2v) is 4.10. The van der Waals surface area contributed by atoms with E-state index >= 15 is 0 Å². The Bertz CT molecular complexity index is 374. The van der Waals surface area contributed by atoms with E-state index in [2.05, 4.69) is 15.9 Å². The predicted octanol–water partition coefficient (Wildman–Crippen LogP) is 1.58. The smallest absolute Gasteiger partial charge is 0.266 e. The van der Waals surface area contributed by atoms with Crippen molar-refractivity contribution in [2.75, 3.05) is 5.73 Å². The Kier molecular flexibility index (Phi) is 3.71. The van der Waals surface area contributed by atoms with Crippen LogP contribution in [-0.2, 0) is 11.5 Å². The van der Waals surface area contributed by atoms with Crippen molar-refractivity contribution in [2.45, 2.75) is 26.7 Å². The molecule has 0 aliphatic carbocycles. The first kappa shape index (κ1) is 11.3. The van der Waals surface area contributed by atoms with Gasteiger partial charge in [0.2, 0.25) is 0 Å². The molecule has 0 saturated heterocycles. The normalized spacial score (nSPS) is 10.9. The molecule has 0 fully saturated rings. The van der Waals surface area contributed by atoms with E-state index in [0.717, 1.165) is 0 Å². The first-order valence-corrected chi connectivity index (χ1v) is 5.07. The van der Waals surface area contributed by atoms with Crippen LogP contribution in [0.15, 0.2) is 21.5 Å². The fourth-order valence-corrected chi connectivity index (χ4v) is 1.44. The van der Waals surface area contributed by atoms with Crippen LogP contribution in [0, 0.1) is 0 Å². The largest absolute Gasteiger partial charge is 0.398 e. The number of nitrogens with zero attached hydrogens (tertiary/aromatic N) is 1. The van der Waals surface area contributed by atoms with Gasteiger partial charge in [0.05, 0.1) is 10.6 Å². The van der Waals surface area contributed by atoms with Gasteiger partial charge in [0.15, 0.2) is 0 Å². The average Bonchev–Trinajstić information content (AvgIpc) is 2.08. The highest BCUT2D eigenvalue weighted by Gasteiger charge is 2.03. The second-order valence-electron chi connectivity index (χ2n) is 3.24. The van der Waals surface area contributed by atoms with E-state index < -0.39 is 0 Å². The van der Waals surface area contributed by atoms with Gasteiger partial charge in [0.25, 0.3) is 5.56 Å². The highest BCUT2D eigenvalue weighted by molar-refractivity contribution is 9.10. The topological polar surface area (TPSA) is 57.2 Å². The Balaban J connectivity index is 2.91. The summed E-state index contributed by atoms with van der Waals surface area (Å²) in [6.07, 6.45) is 1.65. The number of nitrogen functional groups attached to an aromatic ring is 1. The van der Waals surface area contributed by atoms with Gasteiger partial charge in [-0.15, -0.1) is 0 Å². The number of nitrogens with two attached hydrogens (primary N) is 1. The Morgan fingerprint density at radius 3 is 2.86 bits per heavy atom. The number of pyridine rings is 1. The lowest BCUT2D eigenvalue weighted by atomic mass is 10.4. The summed E-state index contributed by atoms with van der Waals surface area (Å²) in [5.74, 6) is 0. The van der Waals surface area contributed by atoms with Gasteiger partial charge in [-0.25, -0.2) is 0 Å². The van der Waals surface area contributed by atoms with Crippen LogP contribution >= 0.6 is 15.9 Å². The summed E-state index contributed by atoms with van der Waals surface area (Å²) in [7, 11) is 0. The zero-order chi connectivity index (χ0) is 10.7. The van der Waals surface area contributed by atoms with Gasteiger partial charge in [-0.1, -0.05) is 0 Å². The summed E-state index contributed by atoms with van der Waals surface area (Å²) >= 11 is 3.14. The van der Waals surface area contributed by atoms with E-state index in [1.54, 1.807) is 12.3 Å². The molecule has 0 atom stereocenters. The molecule has 0 aliphatic rings. The lowest BCUT2D eigenvalue weighted by Gasteiger charge is -2.10. The molecule has 0 bridgehead atoms. The van der Waals surface area contributed by atoms with Crippen molar-refractivity contribution >= 4 is 21.6 Å². The van der Waals surface area contributed by atoms with E-state index in [4.69, 9.17) is 10.5 Å². The lowest BCUT2D eigenvalue weighted by molar-refractivity contribution is 0.0268. The van der Waals surface area contributed by atoms with Crippen molar-refractivity contribution < 1.29 is 4.74 Å². The van der Waals surface area contributed by atoms with E-state index in [9.17, 15) is 4.79 Å². The lowest BCUT2D eigenvalue weighted by Crippen LogP contribution is -2.23. The molecule has 0 unspecified atom stereocenters. The maximum atomic E-state index is 11.5. The molecule has 0 aliphatic heterocycles. The number of aromatic nitrogens is 1. The monoisotopic (exact) mass is 260 g/mol. The van der Waals surface area contributed by atoms with E-state index in [1.165, 1.54) is 4.57 Å². The maximum Gasteiger partial charge on any atom is 0.266 e. The third-order valence-corrected chi connectivity index (χ3v) is 2.18. The molecule has 78 valence electrons. The summed E-state index contributed by atoms with van der Waals surface area (Å²) in [6.45, 7) is 4.04. The number of hydrogen-bond acceptors (Lipinski definition) is 3. The molecular weight excluding hydrogens is 248 g/mol. The first-order valence-electron chi connectivity index (χ1n) is 4.27. The molecule has 1 aromatic heterocycles. The van der Waals surface area contributed by atoms with Crippen molar-refractivity contribution in [3.63, 3.8) is 0 Å². The van der Waals surface area contributed by atoms with Crippen LogP contribution in [0.2, 0.25) is 0 Å². The zero-order valence-electron chi connectivity index (χ0n) is 8.16. The maximum absolute atomic E-state index is 11.5. The quantitative estimate of drug-likeness (QED) is 0.898. The SMILES string of the molecule is CC(C)OCn1cc(N)cc(Br)c1=O. The van der Waals surface area contributed by atoms with Gasteiger partial charge < -0.3 is 10.5 Å². The van der Waals surface area contributed by atoms with Gasteiger partial charge in [0, 0.05) is 11.9 Å². The molecule has 5 heteroatoms. The third-order valence-electron chi connectivity index (χ3n) is 1.61. The Labute approximate surface area is 90.8 Å². The van der Waals surface area contributed by atoms with Crippen LogP contribution < -0.4 is 11.3 Å². The molecule has 0 amide bonds. The van der Waals surface area contributed by atoms with Crippen LogP contribution in [-0.4, -0.2) is 10.7 Å². The molecule has 1 rings (SSSR count). The van der Waals surface area contributed by atoms with Crippen LogP contribution in [0.4, 0.5) is 5.69 Å². The molecule has 0 spiro atoms.